The van der Waals surface area contributed by atoms with Crippen molar-refractivity contribution < 1.29 is 14.6 Å². The number of phenols is 1. The Morgan fingerprint density at radius 1 is 1.17 bits per heavy atom. The van der Waals surface area contributed by atoms with Crippen LogP contribution in [-0.4, -0.2) is 33.7 Å². The van der Waals surface area contributed by atoms with E-state index in [9.17, 15) is 5.11 Å². The summed E-state index contributed by atoms with van der Waals surface area (Å²) in [6.07, 6.45) is 0. The molecule has 0 aliphatic heterocycles. The predicted octanol–water partition coefficient (Wildman–Crippen LogP) is 5.54. The summed E-state index contributed by atoms with van der Waals surface area (Å²) < 4.78 is 14.1. The van der Waals surface area contributed by atoms with E-state index in [0.717, 1.165) is 38.0 Å². The fourth-order valence-electron chi connectivity index (χ4n) is 3.32. The van der Waals surface area contributed by atoms with Crippen LogP contribution in [0.15, 0.2) is 36.4 Å². The molecule has 0 atom stereocenters. The number of benzene rings is 2. The zero-order valence-electron chi connectivity index (χ0n) is 17.2. The number of nitrogens with zero attached hydrogens (tertiary/aromatic N) is 2. The zero-order valence-corrected chi connectivity index (χ0v) is 18.1. The molecule has 7 heteroatoms. The molecular weight excluding hydrogens is 386 g/mol. The van der Waals surface area contributed by atoms with Gasteiger partial charge in [0.2, 0.25) is 0 Å². The van der Waals surface area contributed by atoms with E-state index in [-0.39, 0.29) is 11.3 Å². The van der Waals surface area contributed by atoms with Gasteiger partial charge in [-0.05, 0) is 64.1 Å². The summed E-state index contributed by atoms with van der Waals surface area (Å²) in [7, 11) is 1.54. The Morgan fingerprint density at radius 3 is 2.62 bits per heavy atom. The predicted molar refractivity (Wildman–Crippen MR) is 119 cm³/mol. The molecule has 4 aromatic rings. The maximum atomic E-state index is 10.3. The van der Waals surface area contributed by atoms with E-state index >= 15 is 0 Å². The van der Waals surface area contributed by atoms with Crippen molar-refractivity contribution in [2.24, 2.45) is 0 Å². The monoisotopic (exact) mass is 411 g/mol. The smallest absolute Gasteiger partial charge is 0.197 e. The topological polar surface area (TPSA) is 68.0 Å². The van der Waals surface area contributed by atoms with Crippen LogP contribution in [0.2, 0.25) is 0 Å². The number of methoxy groups -OCH3 is 1. The fourth-order valence-corrected chi connectivity index (χ4v) is 4.37. The van der Waals surface area contributed by atoms with Crippen molar-refractivity contribution in [3.63, 3.8) is 0 Å². The average molecular weight is 412 g/mol. The van der Waals surface area contributed by atoms with E-state index in [1.807, 2.05) is 19.1 Å². The van der Waals surface area contributed by atoms with Gasteiger partial charge in [0.15, 0.2) is 16.5 Å². The van der Waals surface area contributed by atoms with Crippen molar-refractivity contribution in [1.29, 1.82) is 0 Å². The van der Waals surface area contributed by atoms with Crippen LogP contribution in [0.1, 0.15) is 27.7 Å². The molecule has 6 nitrogen and oxygen atoms in total. The van der Waals surface area contributed by atoms with Crippen LogP contribution in [0.25, 0.3) is 26.4 Å². The molecule has 2 N–H and O–H groups in total. The van der Waals surface area contributed by atoms with Gasteiger partial charge in [-0.3, -0.25) is 4.40 Å². The van der Waals surface area contributed by atoms with Crippen LogP contribution >= 0.6 is 11.3 Å². The molecule has 2 aromatic heterocycles. The first-order chi connectivity index (χ1) is 13.8. The zero-order chi connectivity index (χ0) is 20.8. The Morgan fingerprint density at radius 2 is 1.97 bits per heavy atom. The van der Waals surface area contributed by atoms with Gasteiger partial charge in [0.05, 0.1) is 23.9 Å². The van der Waals surface area contributed by atoms with Gasteiger partial charge in [0.1, 0.15) is 17.3 Å². The van der Waals surface area contributed by atoms with Crippen LogP contribution in [0, 0.1) is 0 Å². The van der Waals surface area contributed by atoms with Crippen LogP contribution < -0.4 is 14.8 Å². The molecule has 2 heterocycles. The summed E-state index contributed by atoms with van der Waals surface area (Å²) in [6, 6.07) is 11.5. The Kier molecular flexibility index (Phi) is 4.78. The summed E-state index contributed by atoms with van der Waals surface area (Å²) in [5.41, 5.74) is 2.51. The molecule has 29 heavy (non-hydrogen) atoms. The van der Waals surface area contributed by atoms with Gasteiger partial charge >= 0.3 is 0 Å². The number of anilines is 1. The number of hydrogen-bond donors (Lipinski definition) is 2. The lowest BCUT2D eigenvalue weighted by molar-refractivity contribution is 0.341. The van der Waals surface area contributed by atoms with Crippen molar-refractivity contribution in [3.8, 4) is 28.5 Å². The van der Waals surface area contributed by atoms with Crippen LogP contribution in [0.4, 0.5) is 5.82 Å². The molecule has 4 rings (SSSR count). The maximum Gasteiger partial charge on any atom is 0.197 e. The summed E-state index contributed by atoms with van der Waals surface area (Å²) in [5.74, 6) is 2.28. The molecule has 152 valence electrons. The minimum atomic E-state index is -0.168. The number of aromatic nitrogens is 2. The molecular formula is C22H25N3O3S. The van der Waals surface area contributed by atoms with Gasteiger partial charge in [-0.25, -0.2) is 4.98 Å². The Labute approximate surface area is 173 Å². The van der Waals surface area contributed by atoms with Gasteiger partial charge in [-0.2, -0.15) is 0 Å². The lowest BCUT2D eigenvalue weighted by Gasteiger charge is -2.22. The minimum absolute atomic E-state index is 0.0919. The summed E-state index contributed by atoms with van der Waals surface area (Å²) in [6.45, 7) is 8.96. The average Bonchev–Trinajstić information content (AvgIpc) is 3.17. The molecule has 0 unspecified atom stereocenters. The van der Waals surface area contributed by atoms with Crippen molar-refractivity contribution in [1.82, 2.24) is 9.38 Å². The van der Waals surface area contributed by atoms with E-state index in [1.165, 1.54) is 7.11 Å². The van der Waals surface area contributed by atoms with E-state index in [2.05, 4.69) is 42.6 Å². The normalized spacial score (nSPS) is 11.9. The van der Waals surface area contributed by atoms with E-state index < -0.39 is 0 Å². The van der Waals surface area contributed by atoms with Crippen molar-refractivity contribution in [2.75, 3.05) is 19.0 Å². The number of thiazole rings is 1. The number of phenolic OH excluding ortho intramolecular Hbond substituents is 1. The third-order valence-corrected chi connectivity index (χ3v) is 5.48. The van der Waals surface area contributed by atoms with E-state index in [4.69, 9.17) is 14.5 Å². The molecule has 0 radical (unpaired) electrons. The van der Waals surface area contributed by atoms with E-state index in [1.54, 1.807) is 23.5 Å². The molecule has 0 fully saturated rings. The highest BCUT2D eigenvalue weighted by Gasteiger charge is 2.23. The number of fused-ring (bicyclic) bond motifs is 3. The number of aromatic hydroxyl groups is 1. The molecule has 0 spiro atoms. The van der Waals surface area contributed by atoms with Crippen LogP contribution in [0.3, 0.4) is 0 Å². The number of hydrogen-bond acceptors (Lipinski definition) is 6. The molecule has 0 aliphatic carbocycles. The molecule has 2 aromatic carbocycles. The largest absolute Gasteiger partial charge is 0.504 e. The summed E-state index contributed by atoms with van der Waals surface area (Å²) in [4.78, 5) is 5.78. The first-order valence-electron chi connectivity index (χ1n) is 9.54. The first-order valence-corrected chi connectivity index (χ1v) is 10.4. The fraction of sp³-hybridized carbons (Fsp3) is 0.318. The SMILES string of the molecule is CCOc1ccc2c(c1)sc1nc(-c3ccc(OC)c(O)c3)c(NC(C)(C)C)n12. The van der Waals surface area contributed by atoms with Gasteiger partial charge in [-0.15, -0.1) is 0 Å². The van der Waals surface area contributed by atoms with Gasteiger partial charge in [0.25, 0.3) is 0 Å². The summed E-state index contributed by atoms with van der Waals surface area (Å²) >= 11 is 1.61. The lowest BCUT2D eigenvalue weighted by atomic mass is 10.1. The third-order valence-electron chi connectivity index (χ3n) is 4.48. The Bertz CT molecular complexity index is 1190. The second-order valence-corrected chi connectivity index (χ2v) is 8.86. The van der Waals surface area contributed by atoms with E-state index in [0.29, 0.717) is 12.4 Å². The Hall–Kier alpha value is -2.93. The summed E-state index contributed by atoms with van der Waals surface area (Å²) in [5, 5.41) is 13.9. The van der Waals surface area contributed by atoms with Gasteiger partial charge < -0.3 is 19.9 Å². The third kappa shape index (κ3) is 3.58. The standard InChI is InChI=1S/C22H25N3O3S/c1-6-28-14-8-9-15-18(12-14)29-21-23-19(20(25(15)21)24-22(2,3)4)13-7-10-17(27-5)16(26)11-13/h7-12,24,26H,6H2,1-5H3. The highest BCUT2D eigenvalue weighted by Crippen LogP contribution is 2.40. The number of ether oxygens (including phenoxy) is 2. The Balaban J connectivity index is 1.94. The molecule has 0 saturated carbocycles. The lowest BCUT2D eigenvalue weighted by Crippen LogP contribution is -2.27. The highest BCUT2D eigenvalue weighted by molar-refractivity contribution is 7.23. The molecule has 0 aliphatic rings. The minimum Gasteiger partial charge on any atom is -0.504 e. The molecule has 0 amide bonds. The van der Waals surface area contributed by atoms with Crippen molar-refractivity contribution >= 4 is 32.3 Å². The quantitative estimate of drug-likeness (QED) is 0.451. The highest BCUT2D eigenvalue weighted by atomic mass is 32.1. The van der Waals surface area contributed by atoms with Gasteiger partial charge in [0, 0.05) is 11.1 Å². The number of nitrogens with one attached hydrogen (secondary N) is 1. The maximum absolute atomic E-state index is 10.3. The first kappa shape index (κ1) is 19.4. The second kappa shape index (κ2) is 7.15. The van der Waals surface area contributed by atoms with Crippen molar-refractivity contribution in [3.05, 3.63) is 36.4 Å². The second-order valence-electron chi connectivity index (χ2n) is 7.85. The van der Waals surface area contributed by atoms with Crippen LogP contribution in [0.5, 0.6) is 17.2 Å². The number of rotatable bonds is 5. The van der Waals surface area contributed by atoms with Crippen LogP contribution in [-0.2, 0) is 0 Å². The van der Waals surface area contributed by atoms with Gasteiger partial charge in [-0.1, -0.05) is 11.3 Å². The number of imidazole rings is 1. The molecule has 0 bridgehead atoms. The van der Waals surface area contributed by atoms with Crippen molar-refractivity contribution in [2.45, 2.75) is 33.2 Å². The molecule has 0 saturated heterocycles.